The lowest BCUT2D eigenvalue weighted by molar-refractivity contribution is 0.628. The minimum atomic E-state index is -0.294. The molecule has 1 aromatic carbocycles. The van der Waals surface area contributed by atoms with Crippen molar-refractivity contribution in [3.05, 3.63) is 35.3 Å². The van der Waals surface area contributed by atoms with Crippen LogP contribution in [-0.4, -0.2) is 11.5 Å². The van der Waals surface area contributed by atoms with Crippen molar-refractivity contribution < 1.29 is 4.39 Å². The normalized spacial score (nSPS) is 14.2. The topological polar surface area (TPSA) is 48.7 Å². The first-order valence-corrected chi connectivity index (χ1v) is 6.92. The Kier molecular flexibility index (Phi) is 3.27. The van der Waals surface area contributed by atoms with Gasteiger partial charge in [-0.1, -0.05) is 12.8 Å². The van der Waals surface area contributed by atoms with E-state index < -0.39 is 0 Å². The van der Waals surface area contributed by atoms with Crippen molar-refractivity contribution in [2.45, 2.75) is 26.2 Å². The Hall–Kier alpha value is -2.15. The number of rotatable bonds is 4. The van der Waals surface area contributed by atoms with E-state index in [1.54, 1.807) is 6.20 Å². The van der Waals surface area contributed by atoms with E-state index in [1.165, 1.54) is 25.0 Å². The van der Waals surface area contributed by atoms with Crippen molar-refractivity contribution >= 4 is 16.6 Å². The molecule has 1 aliphatic rings. The average Bonchev–Trinajstić information content (AvgIpc) is 3.23. The Morgan fingerprint density at radius 2 is 2.25 bits per heavy atom. The van der Waals surface area contributed by atoms with Gasteiger partial charge in [-0.3, -0.25) is 4.98 Å². The van der Waals surface area contributed by atoms with Crippen LogP contribution >= 0.6 is 0 Å². The van der Waals surface area contributed by atoms with Crippen molar-refractivity contribution in [2.24, 2.45) is 5.92 Å². The third-order valence-electron chi connectivity index (χ3n) is 3.80. The predicted molar refractivity (Wildman–Crippen MR) is 77.0 cm³/mol. The Bertz CT molecular complexity index is 699. The van der Waals surface area contributed by atoms with E-state index in [0.717, 1.165) is 30.0 Å². The molecule has 1 aromatic heterocycles. The molecule has 1 heterocycles. The third-order valence-corrected chi connectivity index (χ3v) is 3.80. The fourth-order valence-corrected chi connectivity index (χ4v) is 2.52. The molecular formula is C16H16FN3. The lowest BCUT2D eigenvalue weighted by Crippen LogP contribution is -2.06. The Morgan fingerprint density at radius 1 is 1.45 bits per heavy atom. The van der Waals surface area contributed by atoms with E-state index in [1.807, 2.05) is 6.92 Å². The van der Waals surface area contributed by atoms with Crippen LogP contribution in [0.4, 0.5) is 10.1 Å². The Morgan fingerprint density at radius 3 is 2.95 bits per heavy atom. The summed E-state index contributed by atoms with van der Waals surface area (Å²) >= 11 is 0. The molecule has 0 saturated heterocycles. The first-order valence-electron chi connectivity index (χ1n) is 6.92. The van der Waals surface area contributed by atoms with Gasteiger partial charge in [0.05, 0.1) is 16.8 Å². The third kappa shape index (κ3) is 2.44. The number of halogens is 1. The fourth-order valence-electron chi connectivity index (χ4n) is 2.52. The van der Waals surface area contributed by atoms with Gasteiger partial charge in [0.1, 0.15) is 11.9 Å². The molecule has 0 spiro atoms. The van der Waals surface area contributed by atoms with E-state index in [0.29, 0.717) is 16.6 Å². The largest absolute Gasteiger partial charge is 0.383 e. The highest BCUT2D eigenvalue weighted by atomic mass is 19.1. The summed E-state index contributed by atoms with van der Waals surface area (Å²) in [5.74, 6) is 0.525. The summed E-state index contributed by atoms with van der Waals surface area (Å²) in [6.07, 6.45) is 5.27. The Labute approximate surface area is 117 Å². The number of benzene rings is 1. The molecule has 1 aliphatic carbocycles. The molecule has 0 atom stereocenters. The number of hydrogen-bond donors (Lipinski definition) is 1. The lowest BCUT2D eigenvalue weighted by Gasteiger charge is -2.12. The summed E-state index contributed by atoms with van der Waals surface area (Å²) in [6.45, 7) is 2.65. The molecule has 0 amide bonds. The second kappa shape index (κ2) is 5.09. The minimum Gasteiger partial charge on any atom is -0.383 e. The second-order valence-corrected chi connectivity index (χ2v) is 5.44. The highest BCUT2D eigenvalue weighted by Crippen LogP contribution is 2.33. The molecule has 0 bridgehead atoms. The van der Waals surface area contributed by atoms with Crippen molar-refractivity contribution in [3.8, 4) is 6.07 Å². The number of aromatic nitrogens is 1. The van der Waals surface area contributed by atoms with Gasteiger partial charge in [0, 0.05) is 18.1 Å². The SMILES string of the molecule is Cc1cc(F)cc2c(NCCC3CC3)c(C#N)cnc12. The van der Waals surface area contributed by atoms with E-state index in [2.05, 4.69) is 16.4 Å². The quantitative estimate of drug-likeness (QED) is 0.919. The molecule has 3 nitrogen and oxygen atoms in total. The van der Waals surface area contributed by atoms with E-state index in [4.69, 9.17) is 0 Å². The maximum atomic E-state index is 13.6. The molecule has 1 N–H and O–H groups in total. The number of nitrogens with one attached hydrogen (secondary N) is 1. The minimum absolute atomic E-state index is 0.294. The summed E-state index contributed by atoms with van der Waals surface area (Å²) in [7, 11) is 0. The van der Waals surface area contributed by atoms with Crippen LogP contribution in [0, 0.1) is 30.0 Å². The molecule has 1 saturated carbocycles. The van der Waals surface area contributed by atoms with Crippen LogP contribution in [0.25, 0.3) is 10.9 Å². The van der Waals surface area contributed by atoms with Gasteiger partial charge in [-0.15, -0.1) is 0 Å². The van der Waals surface area contributed by atoms with Gasteiger partial charge in [0.2, 0.25) is 0 Å². The van der Waals surface area contributed by atoms with Gasteiger partial charge >= 0.3 is 0 Å². The second-order valence-electron chi connectivity index (χ2n) is 5.44. The number of aryl methyl sites for hydroxylation is 1. The average molecular weight is 269 g/mol. The molecular weight excluding hydrogens is 253 g/mol. The van der Waals surface area contributed by atoms with Crippen LogP contribution in [-0.2, 0) is 0 Å². The fraction of sp³-hybridized carbons (Fsp3) is 0.375. The molecule has 102 valence electrons. The first kappa shape index (κ1) is 12.9. The molecule has 2 aromatic rings. The molecule has 0 aliphatic heterocycles. The van der Waals surface area contributed by atoms with E-state index >= 15 is 0 Å². The van der Waals surface area contributed by atoms with Crippen LogP contribution in [0.3, 0.4) is 0 Å². The first-order chi connectivity index (χ1) is 9.69. The predicted octanol–water partition coefficient (Wildman–Crippen LogP) is 3.77. The highest BCUT2D eigenvalue weighted by Gasteiger charge is 2.20. The van der Waals surface area contributed by atoms with Gasteiger partial charge in [-0.25, -0.2) is 4.39 Å². The van der Waals surface area contributed by atoms with Crippen molar-refractivity contribution in [1.82, 2.24) is 4.98 Å². The number of fused-ring (bicyclic) bond motifs is 1. The van der Waals surface area contributed by atoms with Gasteiger partial charge < -0.3 is 5.32 Å². The maximum absolute atomic E-state index is 13.6. The number of hydrogen-bond acceptors (Lipinski definition) is 3. The summed E-state index contributed by atoms with van der Waals surface area (Å²) in [6, 6.07) is 5.05. The molecule has 0 unspecified atom stereocenters. The summed E-state index contributed by atoms with van der Waals surface area (Å²) in [5.41, 5.74) is 2.72. The van der Waals surface area contributed by atoms with Crippen LogP contribution in [0.15, 0.2) is 18.3 Å². The van der Waals surface area contributed by atoms with Crippen LogP contribution < -0.4 is 5.32 Å². The lowest BCUT2D eigenvalue weighted by atomic mass is 10.1. The van der Waals surface area contributed by atoms with Gasteiger partial charge in [0.15, 0.2) is 0 Å². The van der Waals surface area contributed by atoms with E-state index in [-0.39, 0.29) is 5.82 Å². The zero-order valence-corrected chi connectivity index (χ0v) is 11.4. The number of anilines is 1. The maximum Gasteiger partial charge on any atom is 0.124 e. The number of nitriles is 1. The number of pyridine rings is 1. The zero-order valence-electron chi connectivity index (χ0n) is 11.4. The molecule has 20 heavy (non-hydrogen) atoms. The van der Waals surface area contributed by atoms with Crippen LogP contribution in [0.5, 0.6) is 0 Å². The van der Waals surface area contributed by atoms with Gasteiger partial charge in [-0.2, -0.15) is 5.26 Å². The Balaban J connectivity index is 2.02. The van der Waals surface area contributed by atoms with Crippen molar-refractivity contribution in [1.29, 1.82) is 5.26 Å². The number of nitrogens with zero attached hydrogens (tertiary/aromatic N) is 2. The van der Waals surface area contributed by atoms with Crippen molar-refractivity contribution in [2.75, 3.05) is 11.9 Å². The van der Waals surface area contributed by atoms with Crippen LogP contribution in [0.2, 0.25) is 0 Å². The van der Waals surface area contributed by atoms with Crippen molar-refractivity contribution in [3.63, 3.8) is 0 Å². The standard InChI is InChI=1S/C16H16FN3/c1-10-6-13(17)7-14-15(10)20-9-12(8-18)16(14)19-5-4-11-2-3-11/h6-7,9,11H,2-5H2,1H3,(H,19,20). The molecule has 4 heteroatoms. The summed E-state index contributed by atoms with van der Waals surface area (Å²) in [4.78, 5) is 4.28. The van der Waals surface area contributed by atoms with Crippen LogP contribution in [0.1, 0.15) is 30.4 Å². The highest BCUT2D eigenvalue weighted by molar-refractivity contribution is 5.95. The van der Waals surface area contributed by atoms with Gasteiger partial charge in [-0.05, 0) is 37.0 Å². The summed E-state index contributed by atoms with van der Waals surface area (Å²) in [5, 5.41) is 13.2. The summed E-state index contributed by atoms with van der Waals surface area (Å²) < 4.78 is 13.6. The van der Waals surface area contributed by atoms with Gasteiger partial charge in [0.25, 0.3) is 0 Å². The smallest absolute Gasteiger partial charge is 0.124 e. The molecule has 0 radical (unpaired) electrons. The monoisotopic (exact) mass is 269 g/mol. The van der Waals surface area contributed by atoms with E-state index in [9.17, 15) is 9.65 Å². The zero-order chi connectivity index (χ0) is 14.1. The molecule has 1 fully saturated rings. The molecule has 3 rings (SSSR count).